The lowest BCUT2D eigenvalue weighted by Gasteiger charge is -2.44. The van der Waals surface area contributed by atoms with Crippen molar-refractivity contribution in [2.24, 2.45) is 0 Å². The number of aryl methyl sites for hydroxylation is 1. The first-order valence-electron chi connectivity index (χ1n) is 9.84. The molecule has 2 fully saturated rings. The van der Waals surface area contributed by atoms with Crippen molar-refractivity contribution in [3.8, 4) is 0 Å². The number of para-hydroxylation sites is 1. The maximum atomic E-state index is 13.1. The largest absolute Gasteiger partial charge is 1.00 e. The number of hydrogen-bond acceptors (Lipinski definition) is 3. The van der Waals surface area contributed by atoms with Gasteiger partial charge in [0, 0.05) is 36.2 Å². The Labute approximate surface area is 182 Å². The van der Waals surface area contributed by atoms with E-state index >= 15 is 0 Å². The Morgan fingerprint density at radius 2 is 1.79 bits per heavy atom. The van der Waals surface area contributed by atoms with Gasteiger partial charge in [-0.3, -0.25) is 4.90 Å². The summed E-state index contributed by atoms with van der Waals surface area (Å²) in [7, 11) is 4.66. The second kappa shape index (κ2) is 8.56. The molecule has 2 aromatic rings. The van der Waals surface area contributed by atoms with Gasteiger partial charge in [0.2, 0.25) is 0 Å². The summed E-state index contributed by atoms with van der Waals surface area (Å²) in [6, 6.07) is 13.2. The molecular weight excluding hydrogens is 436 g/mol. The van der Waals surface area contributed by atoms with Gasteiger partial charge >= 0.3 is 6.09 Å². The maximum absolute atomic E-state index is 13.1. The molecule has 4 rings (SSSR count). The quantitative estimate of drug-likeness (QED) is 0.647. The molecule has 2 aliphatic heterocycles. The van der Waals surface area contributed by atoms with E-state index in [9.17, 15) is 4.79 Å². The normalized spacial score (nSPS) is 25.0. The number of rotatable bonds is 4. The summed E-state index contributed by atoms with van der Waals surface area (Å²) in [5.41, 5.74) is 2.12. The third-order valence-electron chi connectivity index (χ3n) is 6.61. The minimum absolute atomic E-state index is 0. The fourth-order valence-electron chi connectivity index (χ4n) is 4.71. The average Bonchev–Trinajstić information content (AvgIpc) is 3.07. The van der Waals surface area contributed by atoms with Crippen LogP contribution in [0.1, 0.15) is 36.1 Å². The van der Waals surface area contributed by atoms with Crippen LogP contribution in [0.2, 0.25) is 0 Å². The Morgan fingerprint density at radius 3 is 2.36 bits per heavy atom. The Morgan fingerprint density at radius 1 is 1.14 bits per heavy atom. The minimum Gasteiger partial charge on any atom is -1.00 e. The van der Waals surface area contributed by atoms with Gasteiger partial charge in [0.1, 0.15) is 6.10 Å². The molecule has 1 aromatic heterocycles. The van der Waals surface area contributed by atoms with E-state index in [1.165, 1.54) is 23.3 Å². The van der Waals surface area contributed by atoms with Crippen molar-refractivity contribution >= 4 is 23.1 Å². The molecule has 0 radical (unpaired) electrons. The summed E-state index contributed by atoms with van der Waals surface area (Å²) in [4.78, 5) is 16.1. The Hall–Kier alpha value is -1.37. The molecule has 2 saturated heterocycles. The number of ether oxygens (including phenoxy) is 1. The van der Waals surface area contributed by atoms with Crippen LogP contribution in [0.5, 0.6) is 0 Å². The zero-order valence-electron chi connectivity index (χ0n) is 16.8. The van der Waals surface area contributed by atoms with Gasteiger partial charge in [0.15, 0.2) is 0 Å². The van der Waals surface area contributed by atoms with Crippen LogP contribution in [0.4, 0.5) is 10.5 Å². The van der Waals surface area contributed by atoms with Crippen LogP contribution >= 0.6 is 11.3 Å². The van der Waals surface area contributed by atoms with Crippen molar-refractivity contribution < 1.29 is 31.0 Å². The molecule has 4 nitrogen and oxygen atoms in total. The standard InChI is InChI=1S/C22H29N2O2S.BrH/c1-16-11-12-27-21(16)15-23(17-7-5-4-6-8-17)22(25)26-20-13-18-9-10-19(14-20)24(18,2)3;/h4-8,11-12,18-20H,9-10,13-15H2,1-3H3;1H/q+1;/p-1/t18-,19+,20?;. The number of thiophene rings is 1. The summed E-state index contributed by atoms with van der Waals surface area (Å²) in [5, 5.41) is 2.08. The fraction of sp³-hybridized carbons (Fsp3) is 0.500. The molecule has 0 aliphatic carbocycles. The average molecular weight is 465 g/mol. The van der Waals surface area contributed by atoms with Crippen LogP contribution in [0.3, 0.4) is 0 Å². The number of amides is 1. The van der Waals surface area contributed by atoms with Gasteiger partial charge in [0.25, 0.3) is 0 Å². The third-order valence-corrected chi connectivity index (χ3v) is 7.62. The number of hydrogen-bond donors (Lipinski definition) is 0. The third kappa shape index (κ3) is 4.14. The van der Waals surface area contributed by atoms with Gasteiger partial charge < -0.3 is 26.2 Å². The highest BCUT2D eigenvalue weighted by Crippen LogP contribution is 2.40. The van der Waals surface area contributed by atoms with E-state index in [1.54, 1.807) is 16.2 Å². The summed E-state index contributed by atoms with van der Waals surface area (Å²) in [6.07, 6.45) is 4.29. The predicted molar refractivity (Wildman–Crippen MR) is 110 cm³/mol. The molecular formula is C22H29BrN2O2S. The number of carbonyl (C=O) groups is 1. The fourth-order valence-corrected chi connectivity index (χ4v) is 5.61. The first-order chi connectivity index (χ1) is 12.9. The molecule has 28 heavy (non-hydrogen) atoms. The second-order valence-corrected chi connectivity index (χ2v) is 9.44. The molecule has 2 aliphatic rings. The number of benzene rings is 1. The first kappa shape index (κ1) is 21.3. The molecule has 0 spiro atoms. The number of carbonyl (C=O) groups excluding carboxylic acids is 1. The lowest BCUT2D eigenvalue weighted by Crippen LogP contribution is -3.00. The number of nitrogens with zero attached hydrogens (tertiary/aromatic N) is 2. The Bertz CT molecular complexity index is 792. The van der Waals surface area contributed by atoms with Crippen molar-refractivity contribution in [1.82, 2.24) is 0 Å². The van der Waals surface area contributed by atoms with Crippen molar-refractivity contribution in [2.75, 3.05) is 19.0 Å². The van der Waals surface area contributed by atoms with E-state index in [4.69, 9.17) is 4.74 Å². The number of fused-ring (bicyclic) bond motifs is 2. The monoisotopic (exact) mass is 464 g/mol. The van der Waals surface area contributed by atoms with Gasteiger partial charge in [-0.25, -0.2) is 4.79 Å². The maximum Gasteiger partial charge on any atom is 0.414 e. The second-order valence-electron chi connectivity index (χ2n) is 8.44. The number of anilines is 1. The first-order valence-corrected chi connectivity index (χ1v) is 10.7. The molecule has 1 amide bonds. The highest BCUT2D eigenvalue weighted by molar-refractivity contribution is 7.10. The van der Waals surface area contributed by atoms with Gasteiger partial charge in [-0.1, -0.05) is 18.2 Å². The summed E-state index contributed by atoms with van der Waals surface area (Å²) >= 11 is 1.69. The van der Waals surface area contributed by atoms with Gasteiger partial charge in [-0.2, -0.15) is 0 Å². The zero-order chi connectivity index (χ0) is 19.0. The smallest absolute Gasteiger partial charge is 0.414 e. The van der Waals surface area contributed by atoms with Gasteiger partial charge in [0.05, 0.1) is 32.7 Å². The topological polar surface area (TPSA) is 29.5 Å². The molecule has 1 unspecified atom stereocenters. The Kier molecular flexibility index (Phi) is 6.52. The predicted octanol–water partition coefficient (Wildman–Crippen LogP) is 1.97. The molecule has 0 N–H and O–H groups in total. The highest BCUT2D eigenvalue weighted by atomic mass is 79.9. The van der Waals surface area contributed by atoms with Crippen LogP contribution in [-0.4, -0.2) is 42.9 Å². The zero-order valence-corrected chi connectivity index (χ0v) is 19.2. The lowest BCUT2D eigenvalue weighted by molar-refractivity contribution is -0.931. The van der Waals surface area contributed by atoms with E-state index in [0.717, 1.165) is 23.0 Å². The SMILES string of the molecule is Cc1ccsc1CN(C(=O)OC1C[C@H]2CC[C@@H](C1)[N+]2(C)C)c1ccccc1.[Br-]. The number of halogens is 1. The molecule has 3 heterocycles. The van der Waals surface area contributed by atoms with Crippen LogP contribution < -0.4 is 21.9 Å². The Balaban J connectivity index is 0.00000225. The summed E-state index contributed by atoms with van der Waals surface area (Å²) in [6.45, 7) is 2.66. The van der Waals surface area contributed by atoms with Gasteiger partial charge in [-0.15, -0.1) is 11.3 Å². The van der Waals surface area contributed by atoms with Crippen LogP contribution in [0, 0.1) is 6.92 Å². The summed E-state index contributed by atoms with van der Waals surface area (Å²) in [5.74, 6) is 0. The molecule has 6 heteroatoms. The molecule has 152 valence electrons. The van der Waals surface area contributed by atoms with E-state index in [1.807, 2.05) is 30.3 Å². The van der Waals surface area contributed by atoms with Crippen molar-refractivity contribution in [1.29, 1.82) is 0 Å². The van der Waals surface area contributed by atoms with Crippen molar-refractivity contribution in [2.45, 2.75) is 57.3 Å². The minimum atomic E-state index is -0.217. The molecule has 2 bridgehead atoms. The van der Waals surface area contributed by atoms with E-state index in [0.29, 0.717) is 18.6 Å². The molecule has 0 saturated carbocycles. The number of piperidine rings is 1. The van der Waals surface area contributed by atoms with Crippen molar-refractivity contribution in [3.63, 3.8) is 0 Å². The number of quaternary nitrogens is 1. The summed E-state index contributed by atoms with van der Waals surface area (Å²) < 4.78 is 7.14. The van der Waals surface area contributed by atoms with Crippen molar-refractivity contribution in [3.05, 3.63) is 52.2 Å². The lowest BCUT2D eigenvalue weighted by atomic mass is 9.98. The van der Waals surface area contributed by atoms with Crippen LogP contribution in [0.25, 0.3) is 0 Å². The molecule has 1 aromatic carbocycles. The van der Waals surface area contributed by atoms with E-state index in [-0.39, 0.29) is 29.2 Å². The van der Waals surface area contributed by atoms with Gasteiger partial charge in [-0.05, 0) is 36.1 Å². The molecule has 3 atom stereocenters. The van der Waals surface area contributed by atoms with Crippen LogP contribution in [-0.2, 0) is 11.3 Å². The van der Waals surface area contributed by atoms with E-state index in [2.05, 4.69) is 32.5 Å². The van der Waals surface area contributed by atoms with Crippen LogP contribution in [0.15, 0.2) is 41.8 Å². The van der Waals surface area contributed by atoms with E-state index < -0.39 is 0 Å². The highest BCUT2D eigenvalue weighted by Gasteiger charge is 2.50.